The molecule has 17 heavy (non-hydrogen) atoms. The first kappa shape index (κ1) is 14.5. The van der Waals surface area contributed by atoms with E-state index in [1.165, 1.54) is 18.4 Å². The SMILES string of the molecule is CCC(C)CC(CNC)Cc1cccc(Cl)c1. The maximum atomic E-state index is 6.02. The lowest BCUT2D eigenvalue weighted by molar-refractivity contribution is 0.371. The zero-order valence-electron chi connectivity index (χ0n) is 11.2. The Kier molecular flexibility index (Phi) is 6.61. The Morgan fingerprint density at radius 2 is 2.12 bits per heavy atom. The number of halogens is 1. The predicted octanol–water partition coefficient (Wildman–Crippen LogP) is 4.15. The van der Waals surface area contributed by atoms with E-state index in [4.69, 9.17) is 11.6 Å². The van der Waals surface area contributed by atoms with Gasteiger partial charge in [0.05, 0.1) is 0 Å². The molecule has 0 aliphatic carbocycles. The number of hydrogen-bond acceptors (Lipinski definition) is 1. The Balaban J connectivity index is 2.59. The highest BCUT2D eigenvalue weighted by Crippen LogP contribution is 2.20. The minimum Gasteiger partial charge on any atom is -0.319 e. The largest absolute Gasteiger partial charge is 0.319 e. The molecule has 0 aliphatic heterocycles. The maximum absolute atomic E-state index is 6.02. The second-order valence-electron chi connectivity index (χ2n) is 5.01. The number of rotatable bonds is 7. The molecule has 0 spiro atoms. The van der Waals surface area contributed by atoms with Crippen LogP contribution in [0.4, 0.5) is 0 Å². The zero-order chi connectivity index (χ0) is 12.7. The number of hydrogen-bond donors (Lipinski definition) is 1. The van der Waals surface area contributed by atoms with E-state index in [9.17, 15) is 0 Å². The van der Waals surface area contributed by atoms with Crippen LogP contribution in [0, 0.1) is 11.8 Å². The third-order valence-corrected chi connectivity index (χ3v) is 3.57. The number of nitrogens with one attached hydrogen (secondary N) is 1. The van der Waals surface area contributed by atoms with Crippen molar-refractivity contribution in [3.05, 3.63) is 34.9 Å². The second-order valence-corrected chi connectivity index (χ2v) is 5.44. The van der Waals surface area contributed by atoms with E-state index in [1.807, 2.05) is 19.2 Å². The molecule has 0 fully saturated rings. The van der Waals surface area contributed by atoms with Crippen molar-refractivity contribution in [3.63, 3.8) is 0 Å². The third-order valence-electron chi connectivity index (χ3n) is 3.34. The topological polar surface area (TPSA) is 12.0 Å². The predicted molar refractivity (Wildman–Crippen MR) is 76.6 cm³/mol. The summed E-state index contributed by atoms with van der Waals surface area (Å²) in [6.45, 7) is 5.68. The lowest BCUT2D eigenvalue weighted by Gasteiger charge is -2.20. The molecule has 2 heteroatoms. The van der Waals surface area contributed by atoms with Crippen LogP contribution in [0.3, 0.4) is 0 Å². The third kappa shape index (κ3) is 5.56. The molecule has 2 atom stereocenters. The lowest BCUT2D eigenvalue weighted by atomic mass is 9.89. The summed E-state index contributed by atoms with van der Waals surface area (Å²) in [6.07, 6.45) is 3.66. The van der Waals surface area contributed by atoms with Crippen molar-refractivity contribution in [2.75, 3.05) is 13.6 Å². The highest BCUT2D eigenvalue weighted by atomic mass is 35.5. The Bertz CT molecular complexity index is 324. The van der Waals surface area contributed by atoms with E-state index in [-0.39, 0.29) is 0 Å². The van der Waals surface area contributed by atoms with Crippen molar-refractivity contribution in [3.8, 4) is 0 Å². The van der Waals surface area contributed by atoms with Crippen molar-refractivity contribution >= 4 is 11.6 Å². The molecule has 1 nitrogen and oxygen atoms in total. The molecule has 0 saturated carbocycles. The quantitative estimate of drug-likeness (QED) is 0.770. The van der Waals surface area contributed by atoms with Gasteiger partial charge < -0.3 is 5.32 Å². The standard InChI is InChI=1S/C15H24ClN/c1-4-12(2)8-14(11-17-3)9-13-6-5-7-15(16)10-13/h5-7,10,12,14,17H,4,8-9,11H2,1-3H3. The maximum Gasteiger partial charge on any atom is 0.0408 e. The summed E-state index contributed by atoms with van der Waals surface area (Å²) in [4.78, 5) is 0. The van der Waals surface area contributed by atoms with Gasteiger partial charge in [-0.05, 0) is 56.0 Å². The van der Waals surface area contributed by atoms with Crippen LogP contribution < -0.4 is 5.32 Å². The van der Waals surface area contributed by atoms with E-state index >= 15 is 0 Å². The molecule has 0 heterocycles. The van der Waals surface area contributed by atoms with Crippen LogP contribution in [0.1, 0.15) is 32.3 Å². The van der Waals surface area contributed by atoms with Gasteiger partial charge in [-0.25, -0.2) is 0 Å². The number of benzene rings is 1. The summed E-state index contributed by atoms with van der Waals surface area (Å²) >= 11 is 6.02. The van der Waals surface area contributed by atoms with Gasteiger partial charge in [0.1, 0.15) is 0 Å². The average Bonchev–Trinajstić information content (AvgIpc) is 2.29. The highest BCUT2D eigenvalue weighted by Gasteiger charge is 2.12. The monoisotopic (exact) mass is 253 g/mol. The summed E-state index contributed by atoms with van der Waals surface area (Å²) < 4.78 is 0. The summed E-state index contributed by atoms with van der Waals surface area (Å²) in [6, 6.07) is 8.23. The van der Waals surface area contributed by atoms with Gasteiger partial charge in [0.15, 0.2) is 0 Å². The minimum atomic E-state index is 0.702. The molecular formula is C15H24ClN. The first-order valence-electron chi connectivity index (χ1n) is 6.54. The van der Waals surface area contributed by atoms with E-state index in [1.54, 1.807) is 0 Å². The highest BCUT2D eigenvalue weighted by molar-refractivity contribution is 6.30. The van der Waals surface area contributed by atoms with Crippen LogP contribution in [0.2, 0.25) is 5.02 Å². The molecule has 1 N–H and O–H groups in total. The van der Waals surface area contributed by atoms with E-state index in [0.29, 0.717) is 5.92 Å². The van der Waals surface area contributed by atoms with Gasteiger partial charge >= 0.3 is 0 Å². The van der Waals surface area contributed by atoms with Crippen molar-refractivity contribution in [2.45, 2.75) is 33.1 Å². The van der Waals surface area contributed by atoms with Crippen molar-refractivity contribution < 1.29 is 0 Å². The van der Waals surface area contributed by atoms with Crippen molar-refractivity contribution in [2.24, 2.45) is 11.8 Å². The van der Waals surface area contributed by atoms with Gasteiger partial charge in [0.25, 0.3) is 0 Å². The van der Waals surface area contributed by atoms with Crippen LogP contribution in [0.25, 0.3) is 0 Å². The summed E-state index contributed by atoms with van der Waals surface area (Å²) in [5.41, 5.74) is 1.35. The summed E-state index contributed by atoms with van der Waals surface area (Å²) in [7, 11) is 2.03. The zero-order valence-corrected chi connectivity index (χ0v) is 11.9. The molecule has 0 amide bonds. The first-order chi connectivity index (χ1) is 8.15. The van der Waals surface area contributed by atoms with Gasteiger partial charge in [0.2, 0.25) is 0 Å². The van der Waals surface area contributed by atoms with E-state index < -0.39 is 0 Å². The van der Waals surface area contributed by atoms with Crippen molar-refractivity contribution in [1.82, 2.24) is 5.32 Å². The van der Waals surface area contributed by atoms with E-state index in [2.05, 4.69) is 31.3 Å². The fourth-order valence-corrected chi connectivity index (χ4v) is 2.47. The Morgan fingerprint density at radius 1 is 1.35 bits per heavy atom. The summed E-state index contributed by atoms with van der Waals surface area (Å²) in [5, 5.41) is 4.14. The van der Waals surface area contributed by atoms with Crippen LogP contribution in [0.15, 0.2) is 24.3 Å². The minimum absolute atomic E-state index is 0.702. The lowest BCUT2D eigenvalue weighted by Crippen LogP contribution is -2.22. The molecule has 0 saturated heterocycles. The van der Waals surface area contributed by atoms with Gasteiger partial charge in [-0.15, -0.1) is 0 Å². The van der Waals surface area contributed by atoms with Crippen LogP contribution >= 0.6 is 11.6 Å². The first-order valence-corrected chi connectivity index (χ1v) is 6.92. The normalized spacial score (nSPS) is 14.6. The molecule has 1 aromatic rings. The molecule has 1 aromatic carbocycles. The van der Waals surface area contributed by atoms with Crippen LogP contribution in [0.5, 0.6) is 0 Å². The molecule has 1 rings (SSSR count). The molecule has 0 radical (unpaired) electrons. The Labute approximate surface area is 111 Å². The molecular weight excluding hydrogens is 230 g/mol. The average molecular weight is 254 g/mol. The van der Waals surface area contributed by atoms with Gasteiger partial charge in [-0.1, -0.05) is 44.0 Å². The van der Waals surface area contributed by atoms with Gasteiger partial charge in [0, 0.05) is 5.02 Å². The van der Waals surface area contributed by atoms with Gasteiger partial charge in [-0.3, -0.25) is 0 Å². The smallest absolute Gasteiger partial charge is 0.0408 e. The molecule has 2 unspecified atom stereocenters. The Hall–Kier alpha value is -0.530. The fourth-order valence-electron chi connectivity index (χ4n) is 2.26. The molecule has 0 bridgehead atoms. The van der Waals surface area contributed by atoms with Gasteiger partial charge in [-0.2, -0.15) is 0 Å². The molecule has 0 aromatic heterocycles. The van der Waals surface area contributed by atoms with Crippen LogP contribution in [-0.4, -0.2) is 13.6 Å². The van der Waals surface area contributed by atoms with Crippen LogP contribution in [-0.2, 0) is 6.42 Å². The second kappa shape index (κ2) is 7.73. The summed E-state index contributed by atoms with van der Waals surface area (Å²) in [5.74, 6) is 1.50. The Morgan fingerprint density at radius 3 is 2.71 bits per heavy atom. The molecule has 96 valence electrons. The van der Waals surface area contributed by atoms with Crippen molar-refractivity contribution in [1.29, 1.82) is 0 Å². The van der Waals surface area contributed by atoms with E-state index in [0.717, 1.165) is 23.9 Å². The molecule has 0 aliphatic rings. The fraction of sp³-hybridized carbons (Fsp3) is 0.600.